The minimum absolute atomic E-state index is 0.282. The van der Waals surface area contributed by atoms with Crippen LogP contribution in [0, 0.1) is 5.82 Å². The number of carbonyl (C=O) groups is 1. The molecule has 0 aliphatic heterocycles. The number of nitrogens with one attached hydrogen (secondary N) is 1. The van der Waals surface area contributed by atoms with Crippen LogP contribution in [0.3, 0.4) is 0 Å². The Morgan fingerprint density at radius 3 is 2.21 bits per heavy atom. The van der Waals surface area contributed by atoms with Gasteiger partial charge in [-0.25, -0.2) is 4.39 Å². The zero-order valence-electron chi connectivity index (χ0n) is 12.8. The van der Waals surface area contributed by atoms with E-state index in [1.54, 1.807) is 18.3 Å². The minimum atomic E-state index is -0.368. The highest BCUT2D eigenvalue weighted by atomic mass is 19.1. The molecule has 0 aromatic heterocycles. The summed E-state index contributed by atoms with van der Waals surface area (Å²) in [6.07, 6.45) is 1.78. The first-order valence-corrected chi connectivity index (χ1v) is 7.47. The van der Waals surface area contributed by atoms with Crippen LogP contribution in [0.1, 0.15) is 15.9 Å². The molecule has 4 heteroatoms. The molecular weight excluding hydrogens is 303 g/mol. The predicted molar refractivity (Wildman–Crippen MR) is 94.5 cm³/mol. The molecule has 24 heavy (non-hydrogen) atoms. The average Bonchev–Trinajstić information content (AvgIpc) is 2.62. The van der Waals surface area contributed by atoms with Gasteiger partial charge in [0.2, 0.25) is 0 Å². The van der Waals surface area contributed by atoms with Crippen LogP contribution >= 0.6 is 0 Å². The normalized spacial score (nSPS) is 10.7. The maximum atomic E-state index is 12.9. The van der Waals surface area contributed by atoms with Crippen LogP contribution in [0.2, 0.25) is 0 Å². The summed E-state index contributed by atoms with van der Waals surface area (Å²) in [5.41, 5.74) is 2.87. The number of hydrogen-bond donors (Lipinski definition) is 1. The van der Waals surface area contributed by atoms with Gasteiger partial charge >= 0.3 is 0 Å². The van der Waals surface area contributed by atoms with E-state index in [-0.39, 0.29) is 11.7 Å². The van der Waals surface area contributed by atoms with E-state index in [9.17, 15) is 9.18 Å². The summed E-state index contributed by atoms with van der Waals surface area (Å²) in [7, 11) is 0. The fourth-order valence-electron chi connectivity index (χ4n) is 2.12. The third-order valence-corrected chi connectivity index (χ3v) is 3.39. The number of halogens is 1. The minimum Gasteiger partial charge on any atom is -0.322 e. The monoisotopic (exact) mass is 318 g/mol. The lowest BCUT2D eigenvalue weighted by molar-refractivity contribution is 0.102. The SMILES string of the molecule is O=C(Nc1ccc(N=Cc2ccccc2)cc1)c1ccc(F)cc1. The van der Waals surface area contributed by atoms with E-state index < -0.39 is 0 Å². The summed E-state index contributed by atoms with van der Waals surface area (Å²) in [5.74, 6) is -0.650. The molecule has 0 fully saturated rings. The second-order valence-corrected chi connectivity index (χ2v) is 5.18. The Labute approximate surface area is 139 Å². The van der Waals surface area contributed by atoms with Crippen LogP contribution in [0.25, 0.3) is 0 Å². The van der Waals surface area contributed by atoms with Crippen molar-refractivity contribution in [2.24, 2.45) is 4.99 Å². The molecule has 1 amide bonds. The highest BCUT2D eigenvalue weighted by Gasteiger charge is 2.05. The van der Waals surface area contributed by atoms with E-state index in [0.29, 0.717) is 11.3 Å². The number of hydrogen-bond acceptors (Lipinski definition) is 2. The molecule has 0 spiro atoms. The molecule has 0 saturated carbocycles. The largest absolute Gasteiger partial charge is 0.322 e. The highest BCUT2D eigenvalue weighted by molar-refractivity contribution is 6.04. The topological polar surface area (TPSA) is 41.5 Å². The van der Waals surface area contributed by atoms with Crippen molar-refractivity contribution in [1.82, 2.24) is 0 Å². The first-order valence-electron chi connectivity index (χ1n) is 7.47. The molecule has 0 aliphatic rings. The molecule has 118 valence electrons. The Morgan fingerprint density at radius 2 is 1.54 bits per heavy atom. The number of benzene rings is 3. The standard InChI is InChI=1S/C20H15FN2O/c21-17-8-6-16(7-9-17)20(24)23-19-12-10-18(11-13-19)22-14-15-4-2-1-3-5-15/h1-14H,(H,23,24). The van der Waals surface area contributed by atoms with E-state index in [0.717, 1.165) is 11.3 Å². The molecule has 0 saturated heterocycles. The molecule has 0 atom stereocenters. The van der Waals surface area contributed by atoms with Gasteiger partial charge in [-0.15, -0.1) is 0 Å². The molecule has 3 aromatic carbocycles. The van der Waals surface area contributed by atoms with Crippen molar-refractivity contribution < 1.29 is 9.18 Å². The molecule has 0 heterocycles. The van der Waals surface area contributed by atoms with Crippen LogP contribution in [0.15, 0.2) is 83.9 Å². The number of rotatable bonds is 4. The zero-order chi connectivity index (χ0) is 16.8. The lowest BCUT2D eigenvalue weighted by Crippen LogP contribution is -2.11. The van der Waals surface area contributed by atoms with Crippen molar-refractivity contribution in [2.75, 3.05) is 5.32 Å². The van der Waals surface area contributed by atoms with Crippen LogP contribution in [-0.4, -0.2) is 12.1 Å². The van der Waals surface area contributed by atoms with Crippen LogP contribution in [0.4, 0.5) is 15.8 Å². The van der Waals surface area contributed by atoms with Crippen LogP contribution < -0.4 is 5.32 Å². The van der Waals surface area contributed by atoms with Crippen molar-refractivity contribution in [1.29, 1.82) is 0 Å². The summed E-state index contributed by atoms with van der Waals surface area (Å²) in [5, 5.41) is 2.77. The molecule has 1 N–H and O–H groups in total. The summed E-state index contributed by atoms with van der Waals surface area (Å²) < 4.78 is 12.9. The lowest BCUT2D eigenvalue weighted by Gasteiger charge is -2.05. The van der Waals surface area contributed by atoms with Gasteiger partial charge in [-0.1, -0.05) is 30.3 Å². The van der Waals surface area contributed by atoms with Crippen LogP contribution in [0.5, 0.6) is 0 Å². The number of anilines is 1. The maximum absolute atomic E-state index is 12.9. The Balaban J connectivity index is 1.65. The Kier molecular flexibility index (Phi) is 4.77. The average molecular weight is 318 g/mol. The fourth-order valence-corrected chi connectivity index (χ4v) is 2.12. The molecule has 0 bridgehead atoms. The Hall–Kier alpha value is -3.27. The first-order chi connectivity index (χ1) is 11.7. The third-order valence-electron chi connectivity index (χ3n) is 3.39. The molecule has 3 aromatic rings. The van der Waals surface area contributed by atoms with Gasteiger partial charge in [0.05, 0.1) is 5.69 Å². The zero-order valence-corrected chi connectivity index (χ0v) is 12.8. The van der Waals surface area contributed by atoms with E-state index >= 15 is 0 Å². The Morgan fingerprint density at radius 1 is 0.875 bits per heavy atom. The van der Waals surface area contributed by atoms with Crippen molar-refractivity contribution in [2.45, 2.75) is 0 Å². The van der Waals surface area contributed by atoms with Gasteiger partial charge in [0.1, 0.15) is 5.82 Å². The number of nitrogens with zero attached hydrogens (tertiary/aromatic N) is 1. The molecule has 3 nitrogen and oxygen atoms in total. The Bertz CT molecular complexity index is 841. The third kappa shape index (κ3) is 4.14. The fraction of sp³-hybridized carbons (Fsp3) is 0. The molecule has 0 radical (unpaired) electrons. The second kappa shape index (κ2) is 7.33. The first kappa shape index (κ1) is 15.6. The molecule has 3 rings (SSSR count). The smallest absolute Gasteiger partial charge is 0.255 e. The summed E-state index contributed by atoms with van der Waals surface area (Å²) in [6.45, 7) is 0. The maximum Gasteiger partial charge on any atom is 0.255 e. The van der Waals surface area contributed by atoms with E-state index in [2.05, 4.69) is 10.3 Å². The van der Waals surface area contributed by atoms with Crippen LogP contribution in [-0.2, 0) is 0 Å². The molecular formula is C20H15FN2O. The summed E-state index contributed by atoms with van der Waals surface area (Å²) in [4.78, 5) is 16.4. The van der Waals surface area contributed by atoms with Gasteiger partial charge in [0, 0.05) is 17.5 Å². The number of carbonyl (C=O) groups excluding carboxylic acids is 1. The second-order valence-electron chi connectivity index (χ2n) is 5.18. The quantitative estimate of drug-likeness (QED) is 0.688. The lowest BCUT2D eigenvalue weighted by atomic mass is 10.2. The van der Waals surface area contributed by atoms with Gasteiger partial charge in [-0.2, -0.15) is 0 Å². The van der Waals surface area contributed by atoms with Crippen molar-refractivity contribution in [3.05, 3.63) is 95.8 Å². The highest BCUT2D eigenvalue weighted by Crippen LogP contribution is 2.17. The van der Waals surface area contributed by atoms with Crippen molar-refractivity contribution in [3.8, 4) is 0 Å². The van der Waals surface area contributed by atoms with Gasteiger partial charge in [-0.3, -0.25) is 9.79 Å². The molecule has 0 aliphatic carbocycles. The van der Waals surface area contributed by atoms with E-state index in [1.807, 2.05) is 42.5 Å². The van der Waals surface area contributed by atoms with Gasteiger partial charge in [0.15, 0.2) is 0 Å². The molecule has 0 unspecified atom stereocenters. The van der Waals surface area contributed by atoms with Crippen molar-refractivity contribution in [3.63, 3.8) is 0 Å². The predicted octanol–water partition coefficient (Wildman–Crippen LogP) is 4.83. The van der Waals surface area contributed by atoms with Gasteiger partial charge in [-0.05, 0) is 54.1 Å². The summed E-state index contributed by atoms with van der Waals surface area (Å²) >= 11 is 0. The van der Waals surface area contributed by atoms with E-state index in [4.69, 9.17) is 0 Å². The van der Waals surface area contributed by atoms with Gasteiger partial charge < -0.3 is 5.32 Å². The van der Waals surface area contributed by atoms with Crippen molar-refractivity contribution >= 4 is 23.5 Å². The number of aliphatic imine (C=N–C) groups is 1. The number of amides is 1. The summed E-state index contributed by atoms with van der Waals surface area (Å²) in [6, 6.07) is 22.4. The van der Waals surface area contributed by atoms with Gasteiger partial charge in [0.25, 0.3) is 5.91 Å². The van der Waals surface area contributed by atoms with E-state index in [1.165, 1.54) is 24.3 Å².